The van der Waals surface area contributed by atoms with Crippen LogP contribution in [-0.2, 0) is 0 Å². The van der Waals surface area contributed by atoms with E-state index < -0.39 is 0 Å². The summed E-state index contributed by atoms with van der Waals surface area (Å²) in [5, 5.41) is 3.62. The molecule has 0 saturated carbocycles. The van der Waals surface area contributed by atoms with Crippen molar-refractivity contribution in [2.75, 3.05) is 6.54 Å². The van der Waals surface area contributed by atoms with Gasteiger partial charge in [0.1, 0.15) is 5.76 Å². The zero-order valence-corrected chi connectivity index (χ0v) is 12.9. The van der Waals surface area contributed by atoms with Gasteiger partial charge in [-0.05, 0) is 43.0 Å². The molecular weight excluding hydrogens is 246 g/mol. The van der Waals surface area contributed by atoms with E-state index in [0.717, 1.165) is 18.7 Å². The van der Waals surface area contributed by atoms with Crippen LogP contribution < -0.4 is 5.32 Å². The minimum atomic E-state index is 0.218. The predicted molar refractivity (Wildman–Crippen MR) is 84.1 cm³/mol. The highest BCUT2D eigenvalue weighted by Gasteiger charge is 2.17. The van der Waals surface area contributed by atoms with E-state index in [0.29, 0.717) is 5.92 Å². The lowest BCUT2D eigenvalue weighted by molar-refractivity contribution is 0.517. The van der Waals surface area contributed by atoms with Gasteiger partial charge in [0.05, 0.1) is 12.3 Å². The maximum atomic E-state index is 5.47. The molecule has 0 aliphatic rings. The summed E-state index contributed by atoms with van der Waals surface area (Å²) in [5.41, 5.74) is 3.91. The van der Waals surface area contributed by atoms with Gasteiger partial charge in [-0.25, -0.2) is 0 Å². The van der Waals surface area contributed by atoms with Crippen molar-refractivity contribution < 1.29 is 4.42 Å². The lowest BCUT2D eigenvalue weighted by atomic mass is 9.95. The van der Waals surface area contributed by atoms with Crippen molar-refractivity contribution in [3.05, 3.63) is 59.0 Å². The smallest absolute Gasteiger partial charge is 0.105 e. The molecule has 0 aliphatic carbocycles. The van der Waals surface area contributed by atoms with Gasteiger partial charge in [-0.1, -0.05) is 45.0 Å². The molecule has 20 heavy (non-hydrogen) atoms. The molecule has 1 N–H and O–H groups in total. The van der Waals surface area contributed by atoms with Crippen LogP contribution in [0.3, 0.4) is 0 Å². The number of rotatable bonds is 6. The van der Waals surface area contributed by atoms with Gasteiger partial charge in [0.25, 0.3) is 0 Å². The Labute approximate surface area is 122 Å². The lowest BCUT2D eigenvalue weighted by Gasteiger charge is -2.19. The van der Waals surface area contributed by atoms with Gasteiger partial charge < -0.3 is 9.73 Å². The quantitative estimate of drug-likeness (QED) is 0.816. The van der Waals surface area contributed by atoms with E-state index in [-0.39, 0.29) is 6.04 Å². The van der Waals surface area contributed by atoms with Crippen molar-refractivity contribution in [1.29, 1.82) is 0 Å². The molecule has 1 unspecified atom stereocenters. The highest BCUT2D eigenvalue weighted by molar-refractivity contribution is 5.35. The van der Waals surface area contributed by atoms with Crippen LogP contribution in [-0.4, -0.2) is 6.54 Å². The molecule has 1 heterocycles. The molecule has 0 fully saturated rings. The van der Waals surface area contributed by atoms with E-state index in [2.05, 4.69) is 56.4 Å². The summed E-state index contributed by atoms with van der Waals surface area (Å²) >= 11 is 0. The van der Waals surface area contributed by atoms with Crippen LogP contribution in [0.2, 0.25) is 0 Å². The fourth-order valence-corrected chi connectivity index (χ4v) is 2.46. The molecule has 1 aromatic heterocycles. The van der Waals surface area contributed by atoms with E-state index in [1.54, 1.807) is 6.26 Å². The zero-order chi connectivity index (χ0) is 14.5. The third-order valence-electron chi connectivity index (χ3n) is 3.74. The third-order valence-corrected chi connectivity index (χ3v) is 3.74. The fourth-order valence-electron chi connectivity index (χ4n) is 2.46. The Morgan fingerprint density at radius 3 is 2.20 bits per heavy atom. The summed E-state index contributed by atoms with van der Waals surface area (Å²) in [7, 11) is 0. The maximum absolute atomic E-state index is 5.47. The first-order chi connectivity index (χ1) is 9.63. The van der Waals surface area contributed by atoms with E-state index in [1.807, 2.05) is 6.92 Å². The molecule has 1 aromatic carbocycles. The number of benzene rings is 1. The normalized spacial score (nSPS) is 12.8. The number of nitrogens with one attached hydrogen (secondary N) is 1. The van der Waals surface area contributed by atoms with Crippen molar-refractivity contribution in [2.45, 2.75) is 46.1 Å². The Morgan fingerprint density at radius 1 is 1.05 bits per heavy atom. The van der Waals surface area contributed by atoms with Crippen molar-refractivity contribution in [3.63, 3.8) is 0 Å². The summed E-state index contributed by atoms with van der Waals surface area (Å²) < 4.78 is 5.47. The Hall–Kier alpha value is -1.54. The SMILES string of the molecule is CCCNC(c1ccc(C(C)C)cc1)c1ccoc1C. The second kappa shape index (κ2) is 6.76. The van der Waals surface area contributed by atoms with Crippen LogP contribution in [0.4, 0.5) is 0 Å². The van der Waals surface area contributed by atoms with Gasteiger partial charge in [0.15, 0.2) is 0 Å². The Morgan fingerprint density at radius 2 is 1.70 bits per heavy atom. The molecule has 0 bridgehead atoms. The molecule has 108 valence electrons. The minimum absolute atomic E-state index is 0.218. The topological polar surface area (TPSA) is 25.2 Å². The average molecular weight is 271 g/mol. The molecular formula is C18H25NO. The fraction of sp³-hybridized carbons (Fsp3) is 0.444. The van der Waals surface area contributed by atoms with Crippen LogP contribution >= 0.6 is 0 Å². The van der Waals surface area contributed by atoms with Gasteiger partial charge in [0.2, 0.25) is 0 Å². The molecule has 1 atom stereocenters. The van der Waals surface area contributed by atoms with Crippen LogP contribution in [0.15, 0.2) is 41.0 Å². The average Bonchev–Trinajstić information content (AvgIpc) is 2.86. The summed E-state index contributed by atoms with van der Waals surface area (Å²) in [5.74, 6) is 1.56. The van der Waals surface area contributed by atoms with Crippen molar-refractivity contribution in [3.8, 4) is 0 Å². The number of hydrogen-bond acceptors (Lipinski definition) is 2. The monoisotopic (exact) mass is 271 g/mol. The standard InChI is InChI=1S/C18H25NO/c1-5-11-19-18(17-10-12-20-14(17)4)16-8-6-15(7-9-16)13(2)3/h6-10,12-13,18-19H,5,11H2,1-4H3. The van der Waals surface area contributed by atoms with Gasteiger partial charge in [-0.3, -0.25) is 0 Å². The van der Waals surface area contributed by atoms with Gasteiger partial charge >= 0.3 is 0 Å². The highest BCUT2D eigenvalue weighted by atomic mass is 16.3. The summed E-state index contributed by atoms with van der Waals surface area (Å²) in [4.78, 5) is 0. The van der Waals surface area contributed by atoms with Crippen LogP contribution in [0.25, 0.3) is 0 Å². The van der Waals surface area contributed by atoms with Crippen molar-refractivity contribution in [2.24, 2.45) is 0 Å². The molecule has 0 radical (unpaired) electrons. The Balaban J connectivity index is 2.29. The molecule has 0 aliphatic heterocycles. The second-order valence-corrected chi connectivity index (χ2v) is 5.64. The van der Waals surface area contributed by atoms with E-state index in [1.165, 1.54) is 16.7 Å². The van der Waals surface area contributed by atoms with Crippen molar-refractivity contribution in [1.82, 2.24) is 5.32 Å². The van der Waals surface area contributed by atoms with Crippen molar-refractivity contribution >= 4 is 0 Å². The van der Waals surface area contributed by atoms with Crippen LogP contribution in [0.5, 0.6) is 0 Å². The summed E-state index contributed by atoms with van der Waals surface area (Å²) in [6, 6.07) is 11.2. The summed E-state index contributed by atoms with van der Waals surface area (Å²) in [6.07, 6.45) is 2.89. The molecule has 0 amide bonds. The van der Waals surface area contributed by atoms with Gasteiger partial charge in [-0.15, -0.1) is 0 Å². The first-order valence-corrected chi connectivity index (χ1v) is 7.50. The molecule has 2 heteroatoms. The minimum Gasteiger partial charge on any atom is -0.469 e. The third kappa shape index (κ3) is 3.31. The van der Waals surface area contributed by atoms with Gasteiger partial charge in [-0.2, -0.15) is 0 Å². The lowest BCUT2D eigenvalue weighted by Crippen LogP contribution is -2.23. The highest BCUT2D eigenvalue weighted by Crippen LogP contribution is 2.27. The molecule has 0 saturated heterocycles. The Kier molecular flexibility index (Phi) is 5.02. The number of hydrogen-bond donors (Lipinski definition) is 1. The maximum Gasteiger partial charge on any atom is 0.105 e. The molecule has 2 aromatic rings. The Bertz CT molecular complexity index is 525. The molecule has 0 spiro atoms. The first-order valence-electron chi connectivity index (χ1n) is 7.50. The number of furan rings is 1. The molecule has 2 nitrogen and oxygen atoms in total. The summed E-state index contributed by atoms with van der Waals surface area (Å²) in [6.45, 7) is 9.66. The molecule has 2 rings (SSSR count). The van der Waals surface area contributed by atoms with E-state index in [4.69, 9.17) is 4.42 Å². The van der Waals surface area contributed by atoms with Gasteiger partial charge in [0, 0.05) is 5.56 Å². The largest absolute Gasteiger partial charge is 0.469 e. The van der Waals surface area contributed by atoms with Crippen LogP contribution in [0.1, 0.15) is 61.6 Å². The first kappa shape index (κ1) is 14.9. The van der Waals surface area contributed by atoms with Crippen LogP contribution in [0, 0.1) is 6.92 Å². The predicted octanol–water partition coefficient (Wildman–Crippen LogP) is 4.80. The second-order valence-electron chi connectivity index (χ2n) is 5.64. The number of aryl methyl sites for hydroxylation is 1. The zero-order valence-electron chi connectivity index (χ0n) is 12.9. The van der Waals surface area contributed by atoms with E-state index >= 15 is 0 Å². The van der Waals surface area contributed by atoms with E-state index in [9.17, 15) is 0 Å².